The number of aldehydes is 1. The summed E-state index contributed by atoms with van der Waals surface area (Å²) in [6, 6.07) is 21.1. The number of amides is 1. The molecule has 1 aromatic heterocycles. The van der Waals surface area contributed by atoms with Gasteiger partial charge in [-0.25, -0.2) is 4.98 Å². The van der Waals surface area contributed by atoms with Crippen LogP contribution in [0.15, 0.2) is 66.9 Å². The molecule has 0 aliphatic carbocycles. The van der Waals surface area contributed by atoms with Crippen molar-refractivity contribution in [1.82, 2.24) is 9.88 Å². The number of pyridine rings is 1. The SMILES string of the molecule is N#Cc1ccc(C(=O)N2CCC(c3ccc(-c4ccccc4)cc3C=O)C2)nc1. The highest BCUT2D eigenvalue weighted by atomic mass is 16.2. The van der Waals surface area contributed by atoms with Gasteiger partial charge in [0.2, 0.25) is 0 Å². The van der Waals surface area contributed by atoms with Crippen molar-refractivity contribution in [2.45, 2.75) is 12.3 Å². The van der Waals surface area contributed by atoms with Crippen LogP contribution in [0.5, 0.6) is 0 Å². The van der Waals surface area contributed by atoms with Gasteiger partial charge in [-0.3, -0.25) is 9.59 Å². The number of benzene rings is 2. The molecule has 29 heavy (non-hydrogen) atoms. The highest BCUT2D eigenvalue weighted by molar-refractivity contribution is 5.92. The summed E-state index contributed by atoms with van der Waals surface area (Å²) >= 11 is 0. The fourth-order valence-electron chi connectivity index (χ4n) is 3.81. The molecule has 0 spiro atoms. The summed E-state index contributed by atoms with van der Waals surface area (Å²) in [7, 11) is 0. The van der Waals surface area contributed by atoms with Crippen LogP contribution in [-0.4, -0.2) is 35.2 Å². The van der Waals surface area contributed by atoms with Crippen LogP contribution in [0.3, 0.4) is 0 Å². The molecule has 4 rings (SSSR count). The third kappa shape index (κ3) is 3.78. The second kappa shape index (κ2) is 8.07. The zero-order chi connectivity index (χ0) is 20.2. The Morgan fingerprint density at radius 2 is 1.93 bits per heavy atom. The van der Waals surface area contributed by atoms with Crippen molar-refractivity contribution in [2.75, 3.05) is 13.1 Å². The largest absolute Gasteiger partial charge is 0.337 e. The van der Waals surface area contributed by atoms with Crippen LogP contribution in [0.4, 0.5) is 0 Å². The van der Waals surface area contributed by atoms with Crippen molar-refractivity contribution in [3.63, 3.8) is 0 Å². The minimum Gasteiger partial charge on any atom is -0.337 e. The quantitative estimate of drug-likeness (QED) is 0.639. The van der Waals surface area contributed by atoms with Gasteiger partial charge in [0.1, 0.15) is 18.0 Å². The number of hydrogen-bond acceptors (Lipinski definition) is 4. The average molecular weight is 381 g/mol. The minimum atomic E-state index is -0.148. The van der Waals surface area contributed by atoms with E-state index < -0.39 is 0 Å². The van der Waals surface area contributed by atoms with E-state index in [2.05, 4.69) is 4.98 Å². The van der Waals surface area contributed by atoms with Crippen molar-refractivity contribution in [1.29, 1.82) is 5.26 Å². The number of nitriles is 1. The molecule has 0 saturated carbocycles. The first-order chi connectivity index (χ1) is 14.2. The first-order valence-electron chi connectivity index (χ1n) is 9.49. The molecule has 2 heterocycles. The molecule has 0 N–H and O–H groups in total. The van der Waals surface area contributed by atoms with Gasteiger partial charge in [0.25, 0.3) is 5.91 Å². The van der Waals surface area contributed by atoms with E-state index in [1.165, 1.54) is 6.20 Å². The molecule has 1 aliphatic rings. The van der Waals surface area contributed by atoms with E-state index in [9.17, 15) is 9.59 Å². The summed E-state index contributed by atoms with van der Waals surface area (Å²) in [5, 5.41) is 8.87. The summed E-state index contributed by atoms with van der Waals surface area (Å²) in [5.41, 5.74) is 4.47. The van der Waals surface area contributed by atoms with E-state index in [-0.39, 0.29) is 11.8 Å². The Labute approximate surface area is 169 Å². The van der Waals surface area contributed by atoms with Gasteiger partial charge in [-0.15, -0.1) is 0 Å². The van der Waals surface area contributed by atoms with Gasteiger partial charge in [0, 0.05) is 30.8 Å². The Hall–Kier alpha value is -3.78. The highest BCUT2D eigenvalue weighted by Crippen LogP contribution is 2.32. The van der Waals surface area contributed by atoms with E-state index in [1.54, 1.807) is 17.0 Å². The van der Waals surface area contributed by atoms with E-state index >= 15 is 0 Å². The molecule has 5 nitrogen and oxygen atoms in total. The lowest BCUT2D eigenvalue weighted by Crippen LogP contribution is -2.29. The fraction of sp³-hybridized carbons (Fsp3) is 0.167. The molecular weight excluding hydrogens is 362 g/mol. The van der Waals surface area contributed by atoms with Crippen LogP contribution in [0.25, 0.3) is 11.1 Å². The Morgan fingerprint density at radius 3 is 2.62 bits per heavy atom. The van der Waals surface area contributed by atoms with Gasteiger partial charge in [0.15, 0.2) is 0 Å². The molecule has 0 radical (unpaired) electrons. The van der Waals surface area contributed by atoms with Crippen molar-refractivity contribution in [3.8, 4) is 17.2 Å². The molecule has 142 valence electrons. The lowest BCUT2D eigenvalue weighted by Gasteiger charge is -2.17. The number of rotatable bonds is 4. The van der Waals surface area contributed by atoms with Crippen molar-refractivity contribution in [3.05, 3.63) is 89.2 Å². The molecular formula is C24H19N3O2. The summed E-state index contributed by atoms with van der Waals surface area (Å²) in [4.78, 5) is 30.3. The lowest BCUT2D eigenvalue weighted by molar-refractivity contribution is 0.0785. The molecule has 1 amide bonds. The zero-order valence-corrected chi connectivity index (χ0v) is 15.8. The zero-order valence-electron chi connectivity index (χ0n) is 15.8. The average Bonchev–Trinajstić information content (AvgIpc) is 3.29. The Morgan fingerprint density at radius 1 is 1.10 bits per heavy atom. The summed E-state index contributed by atoms with van der Waals surface area (Å²) in [6.07, 6.45) is 3.11. The van der Waals surface area contributed by atoms with Gasteiger partial charge >= 0.3 is 0 Å². The number of carbonyl (C=O) groups is 2. The van der Waals surface area contributed by atoms with Gasteiger partial charge < -0.3 is 4.90 Å². The van der Waals surface area contributed by atoms with Crippen molar-refractivity contribution >= 4 is 12.2 Å². The Bertz CT molecular complexity index is 1090. The maximum Gasteiger partial charge on any atom is 0.272 e. The Balaban J connectivity index is 1.53. The molecule has 2 aromatic carbocycles. The molecule has 1 fully saturated rings. The molecule has 3 aromatic rings. The highest BCUT2D eigenvalue weighted by Gasteiger charge is 2.29. The molecule has 5 heteroatoms. The second-order valence-electron chi connectivity index (χ2n) is 7.11. The maximum absolute atomic E-state index is 12.7. The molecule has 1 atom stereocenters. The summed E-state index contributed by atoms with van der Waals surface area (Å²) < 4.78 is 0. The monoisotopic (exact) mass is 381 g/mol. The van der Waals surface area contributed by atoms with E-state index in [0.717, 1.165) is 29.4 Å². The van der Waals surface area contributed by atoms with Gasteiger partial charge in [0.05, 0.1) is 5.56 Å². The Kier molecular flexibility index (Phi) is 5.17. The fourth-order valence-corrected chi connectivity index (χ4v) is 3.81. The number of hydrogen-bond donors (Lipinski definition) is 0. The van der Waals surface area contributed by atoms with E-state index in [4.69, 9.17) is 5.26 Å². The van der Waals surface area contributed by atoms with Crippen LogP contribution in [0.1, 0.15) is 44.3 Å². The number of likely N-dealkylation sites (tertiary alicyclic amines) is 1. The molecule has 1 unspecified atom stereocenters. The van der Waals surface area contributed by atoms with Gasteiger partial charge in [-0.1, -0.05) is 42.5 Å². The van der Waals surface area contributed by atoms with E-state index in [0.29, 0.717) is 29.9 Å². The lowest BCUT2D eigenvalue weighted by atomic mass is 9.91. The van der Waals surface area contributed by atoms with Crippen LogP contribution in [-0.2, 0) is 0 Å². The predicted octanol–water partition coefficient (Wildman–Crippen LogP) is 4.06. The molecule has 0 bridgehead atoms. The van der Waals surface area contributed by atoms with Crippen LogP contribution in [0.2, 0.25) is 0 Å². The summed E-state index contributed by atoms with van der Waals surface area (Å²) in [5.74, 6) is -0.0343. The van der Waals surface area contributed by atoms with Gasteiger partial charge in [-0.05, 0) is 41.3 Å². The first-order valence-corrected chi connectivity index (χ1v) is 9.49. The van der Waals surface area contributed by atoms with Crippen LogP contribution < -0.4 is 0 Å². The smallest absolute Gasteiger partial charge is 0.272 e. The minimum absolute atomic E-state index is 0.113. The summed E-state index contributed by atoms with van der Waals surface area (Å²) in [6.45, 7) is 1.16. The standard InChI is InChI=1S/C24H19N3O2/c25-13-17-6-9-23(26-14-17)24(29)27-11-10-20(15-27)22-8-7-19(12-21(22)16-28)18-4-2-1-3-5-18/h1-9,12,14,16,20H,10-11,15H2. The second-order valence-corrected chi connectivity index (χ2v) is 7.11. The number of carbonyl (C=O) groups excluding carboxylic acids is 2. The maximum atomic E-state index is 12.7. The van der Waals surface area contributed by atoms with Crippen LogP contribution >= 0.6 is 0 Å². The first kappa shape index (κ1) is 18.6. The number of nitrogens with zero attached hydrogens (tertiary/aromatic N) is 3. The van der Waals surface area contributed by atoms with Gasteiger partial charge in [-0.2, -0.15) is 5.26 Å². The van der Waals surface area contributed by atoms with Crippen molar-refractivity contribution in [2.24, 2.45) is 0 Å². The normalized spacial score (nSPS) is 15.7. The number of aromatic nitrogens is 1. The molecule has 1 saturated heterocycles. The third-order valence-corrected chi connectivity index (χ3v) is 5.35. The topological polar surface area (TPSA) is 74.1 Å². The third-order valence-electron chi connectivity index (χ3n) is 5.35. The predicted molar refractivity (Wildman–Crippen MR) is 109 cm³/mol. The van der Waals surface area contributed by atoms with E-state index in [1.807, 2.05) is 54.6 Å². The van der Waals surface area contributed by atoms with Crippen LogP contribution in [0, 0.1) is 11.3 Å². The van der Waals surface area contributed by atoms with Crippen molar-refractivity contribution < 1.29 is 9.59 Å². The molecule has 1 aliphatic heterocycles.